The average molecular weight is 320 g/mol. The Balaban J connectivity index is 2.42. The van der Waals surface area contributed by atoms with Gasteiger partial charge in [-0.1, -0.05) is 6.07 Å². The second-order valence-corrected chi connectivity index (χ2v) is 8.31. The van der Waals surface area contributed by atoms with Gasteiger partial charge in [0, 0.05) is 12.8 Å². The summed E-state index contributed by atoms with van der Waals surface area (Å²) in [6.07, 6.45) is -4.28. The van der Waals surface area contributed by atoms with Crippen molar-refractivity contribution in [3.05, 3.63) is 29.8 Å². The van der Waals surface area contributed by atoms with Crippen molar-refractivity contribution in [2.45, 2.75) is 42.5 Å². The molecular formula is C14H15F3O3S. The summed E-state index contributed by atoms with van der Waals surface area (Å²) in [6, 6.07) is 3.72. The molecule has 1 aromatic carbocycles. The van der Waals surface area contributed by atoms with Crippen LogP contribution in [0, 0.1) is 5.92 Å². The zero-order valence-corrected chi connectivity index (χ0v) is 12.4. The van der Waals surface area contributed by atoms with Gasteiger partial charge in [0.25, 0.3) is 0 Å². The van der Waals surface area contributed by atoms with E-state index in [1.807, 2.05) is 0 Å². The van der Waals surface area contributed by atoms with Gasteiger partial charge in [0.2, 0.25) is 0 Å². The summed E-state index contributed by atoms with van der Waals surface area (Å²) in [5.74, 6) is -0.378. The van der Waals surface area contributed by atoms with Crippen molar-refractivity contribution in [2.75, 3.05) is 0 Å². The smallest absolute Gasteiger partial charge is 0.300 e. The fraction of sp³-hybridized carbons (Fsp3) is 0.500. The third kappa shape index (κ3) is 2.71. The molecule has 2 rings (SSSR count). The molecule has 1 aromatic rings. The van der Waals surface area contributed by atoms with E-state index in [-0.39, 0.29) is 29.4 Å². The van der Waals surface area contributed by atoms with Crippen LogP contribution in [0.3, 0.4) is 0 Å². The van der Waals surface area contributed by atoms with Gasteiger partial charge in [-0.25, -0.2) is 8.42 Å². The molecule has 0 bridgehead atoms. The molecule has 7 heteroatoms. The van der Waals surface area contributed by atoms with Gasteiger partial charge in [-0.05, 0) is 38.0 Å². The zero-order chi connectivity index (χ0) is 16.1. The molecule has 1 saturated carbocycles. The Bertz CT molecular complexity index is 667. The number of rotatable bonds is 3. The summed E-state index contributed by atoms with van der Waals surface area (Å²) in [5.41, 5.74) is -0.996. The Morgan fingerprint density at radius 2 is 1.71 bits per heavy atom. The van der Waals surface area contributed by atoms with Crippen molar-refractivity contribution in [3.8, 4) is 0 Å². The zero-order valence-electron chi connectivity index (χ0n) is 11.6. The molecule has 0 atom stereocenters. The van der Waals surface area contributed by atoms with Gasteiger partial charge in [0.1, 0.15) is 5.78 Å². The van der Waals surface area contributed by atoms with Crippen molar-refractivity contribution >= 4 is 15.6 Å². The first-order valence-electron chi connectivity index (χ1n) is 6.40. The maximum Gasteiger partial charge on any atom is 0.416 e. The first kappa shape index (κ1) is 16.0. The van der Waals surface area contributed by atoms with Crippen LogP contribution in [-0.2, 0) is 20.8 Å². The monoisotopic (exact) mass is 320 g/mol. The van der Waals surface area contributed by atoms with E-state index in [0.29, 0.717) is 6.07 Å². The molecule has 1 fully saturated rings. The largest absolute Gasteiger partial charge is 0.416 e. The van der Waals surface area contributed by atoms with Crippen molar-refractivity contribution in [2.24, 2.45) is 5.92 Å². The average Bonchev–Trinajstić information content (AvgIpc) is 2.34. The Kier molecular flexibility index (Phi) is 3.68. The number of Topliss-reactive ketones (excluding diaryl/α,β-unsaturated/α-hetero) is 1. The molecule has 0 aliphatic heterocycles. The van der Waals surface area contributed by atoms with Crippen LogP contribution >= 0.6 is 0 Å². The van der Waals surface area contributed by atoms with Gasteiger partial charge in [-0.3, -0.25) is 4.79 Å². The van der Waals surface area contributed by atoms with Crippen LogP contribution in [0.2, 0.25) is 0 Å². The number of halogens is 3. The van der Waals surface area contributed by atoms with Crippen LogP contribution in [0.5, 0.6) is 0 Å². The molecule has 0 spiro atoms. The van der Waals surface area contributed by atoms with Crippen LogP contribution in [0.1, 0.15) is 32.3 Å². The Hall–Kier alpha value is -1.37. The summed E-state index contributed by atoms with van der Waals surface area (Å²) in [4.78, 5) is 10.7. The second kappa shape index (κ2) is 4.83. The van der Waals surface area contributed by atoms with Gasteiger partial charge in [-0.15, -0.1) is 0 Å². The molecule has 21 heavy (non-hydrogen) atoms. The number of benzene rings is 1. The predicted molar refractivity (Wildman–Crippen MR) is 70.4 cm³/mol. The molecule has 0 N–H and O–H groups in total. The molecular weight excluding hydrogens is 305 g/mol. The van der Waals surface area contributed by atoms with Crippen molar-refractivity contribution in [1.29, 1.82) is 0 Å². The topological polar surface area (TPSA) is 51.2 Å². The lowest BCUT2D eigenvalue weighted by atomic mass is 9.76. The van der Waals surface area contributed by atoms with E-state index < -0.39 is 26.3 Å². The van der Waals surface area contributed by atoms with Crippen molar-refractivity contribution < 1.29 is 26.4 Å². The first-order chi connectivity index (χ1) is 9.46. The third-order valence-electron chi connectivity index (χ3n) is 4.10. The third-order valence-corrected chi connectivity index (χ3v) is 6.69. The highest BCUT2D eigenvalue weighted by Crippen LogP contribution is 2.42. The number of carbonyl (C=O) groups is 1. The van der Waals surface area contributed by atoms with Gasteiger partial charge in [0.15, 0.2) is 9.84 Å². The lowest BCUT2D eigenvalue weighted by Gasteiger charge is -2.38. The number of alkyl halides is 3. The highest BCUT2D eigenvalue weighted by molar-refractivity contribution is 7.92. The SMILES string of the molecule is CC(C)(C1CC(=O)C1)S(=O)(=O)c1cccc(C(F)(F)F)c1. The normalized spacial score (nSPS) is 17.7. The minimum atomic E-state index is -4.60. The fourth-order valence-electron chi connectivity index (χ4n) is 2.34. The predicted octanol–water partition coefficient (Wildman–Crippen LogP) is 3.24. The molecule has 116 valence electrons. The summed E-state index contributed by atoms with van der Waals surface area (Å²) in [6.45, 7) is 2.92. The highest BCUT2D eigenvalue weighted by atomic mass is 32.2. The molecule has 0 aromatic heterocycles. The molecule has 0 heterocycles. The van der Waals surface area contributed by atoms with Crippen molar-refractivity contribution in [3.63, 3.8) is 0 Å². The van der Waals surface area contributed by atoms with E-state index in [0.717, 1.165) is 18.2 Å². The van der Waals surface area contributed by atoms with Crippen LogP contribution in [0.15, 0.2) is 29.2 Å². The van der Waals surface area contributed by atoms with Crippen LogP contribution in [-0.4, -0.2) is 18.9 Å². The van der Waals surface area contributed by atoms with E-state index in [1.54, 1.807) is 0 Å². The molecule has 0 radical (unpaired) electrons. The Morgan fingerprint density at radius 1 is 1.14 bits per heavy atom. The quantitative estimate of drug-likeness (QED) is 0.859. The molecule has 0 saturated heterocycles. The lowest BCUT2D eigenvalue weighted by molar-refractivity contribution is -0.137. The maximum atomic E-state index is 12.7. The van der Waals surface area contributed by atoms with Gasteiger partial charge in [-0.2, -0.15) is 13.2 Å². The van der Waals surface area contributed by atoms with E-state index in [2.05, 4.69) is 0 Å². The molecule has 1 aliphatic rings. The Morgan fingerprint density at radius 3 is 2.19 bits per heavy atom. The summed E-state index contributed by atoms with van der Waals surface area (Å²) < 4.78 is 62.0. The molecule has 0 unspecified atom stereocenters. The summed E-state index contributed by atoms with van der Waals surface area (Å²) >= 11 is 0. The van der Waals surface area contributed by atoms with Gasteiger partial charge >= 0.3 is 6.18 Å². The number of ketones is 1. The number of carbonyl (C=O) groups excluding carboxylic acids is 1. The van der Waals surface area contributed by atoms with Crippen LogP contribution < -0.4 is 0 Å². The second-order valence-electron chi connectivity index (χ2n) is 5.78. The van der Waals surface area contributed by atoms with Crippen LogP contribution in [0.25, 0.3) is 0 Å². The van der Waals surface area contributed by atoms with Crippen LogP contribution in [0.4, 0.5) is 13.2 Å². The standard InChI is InChI=1S/C14H15F3O3S/c1-13(2,10-6-11(18)7-10)21(19,20)12-5-3-4-9(8-12)14(15,16)17/h3-5,8,10H,6-7H2,1-2H3. The molecule has 3 nitrogen and oxygen atoms in total. The van der Waals surface area contributed by atoms with Crippen molar-refractivity contribution in [1.82, 2.24) is 0 Å². The number of hydrogen-bond donors (Lipinski definition) is 0. The van der Waals surface area contributed by atoms with Gasteiger partial charge in [0.05, 0.1) is 15.2 Å². The highest BCUT2D eigenvalue weighted by Gasteiger charge is 2.48. The molecule has 0 amide bonds. The Labute approximate surface area is 121 Å². The minimum absolute atomic E-state index is 0.0210. The van der Waals surface area contributed by atoms with E-state index in [1.165, 1.54) is 13.8 Å². The van der Waals surface area contributed by atoms with Gasteiger partial charge < -0.3 is 0 Å². The first-order valence-corrected chi connectivity index (χ1v) is 7.88. The summed E-state index contributed by atoms with van der Waals surface area (Å²) in [5, 5.41) is 0. The van der Waals surface area contributed by atoms with E-state index >= 15 is 0 Å². The summed E-state index contributed by atoms with van der Waals surface area (Å²) in [7, 11) is -3.96. The molecule has 1 aliphatic carbocycles. The number of sulfone groups is 1. The van der Waals surface area contributed by atoms with E-state index in [4.69, 9.17) is 0 Å². The minimum Gasteiger partial charge on any atom is -0.300 e. The number of hydrogen-bond acceptors (Lipinski definition) is 3. The van der Waals surface area contributed by atoms with E-state index in [9.17, 15) is 26.4 Å². The lowest BCUT2D eigenvalue weighted by Crippen LogP contribution is -2.46. The fourth-order valence-corrected chi connectivity index (χ4v) is 4.10. The maximum absolute atomic E-state index is 12.7.